The van der Waals surface area contributed by atoms with Gasteiger partial charge in [0.05, 0.1) is 7.11 Å². The first-order valence-corrected chi connectivity index (χ1v) is 6.28. The molecule has 0 aromatic heterocycles. The maximum atomic E-state index is 13.5. The van der Waals surface area contributed by atoms with Gasteiger partial charge in [-0.2, -0.15) is 0 Å². The van der Waals surface area contributed by atoms with Crippen LogP contribution in [-0.2, 0) is 9.53 Å². The number of esters is 1. The summed E-state index contributed by atoms with van der Waals surface area (Å²) in [5.74, 6) is -0.288. The number of hydrogen-bond acceptors (Lipinski definition) is 4. The van der Waals surface area contributed by atoms with Gasteiger partial charge in [-0.05, 0) is 33.0 Å². The van der Waals surface area contributed by atoms with E-state index < -0.39 is 6.17 Å². The molecule has 2 atom stereocenters. The van der Waals surface area contributed by atoms with Crippen LogP contribution in [-0.4, -0.2) is 67.8 Å². The Kier molecular flexibility index (Phi) is 3.99. The number of hydrogen-bond donors (Lipinski definition) is 0. The van der Waals surface area contributed by atoms with Crippen LogP contribution in [0, 0.1) is 0 Å². The molecule has 2 fully saturated rings. The van der Waals surface area contributed by atoms with E-state index in [0.29, 0.717) is 19.0 Å². The summed E-state index contributed by atoms with van der Waals surface area (Å²) in [7, 11) is 3.47. The molecule has 2 unspecified atom stereocenters. The van der Waals surface area contributed by atoms with E-state index in [1.807, 2.05) is 4.90 Å². The molecule has 0 aliphatic carbocycles. The molecule has 2 rings (SSSR count). The molecular formula is C12H21FN2O2. The Morgan fingerprint density at radius 1 is 1.35 bits per heavy atom. The predicted molar refractivity (Wildman–Crippen MR) is 62.5 cm³/mol. The normalized spacial score (nSPS) is 32.9. The Hall–Kier alpha value is -0.680. The fraction of sp³-hybridized carbons (Fsp3) is 0.917. The lowest BCUT2D eigenvalue weighted by molar-refractivity contribution is -0.147. The zero-order valence-electron chi connectivity index (χ0n) is 10.6. The van der Waals surface area contributed by atoms with Gasteiger partial charge < -0.3 is 9.64 Å². The number of methoxy groups -OCH3 is 1. The quantitative estimate of drug-likeness (QED) is 0.668. The zero-order valence-corrected chi connectivity index (χ0v) is 10.6. The largest absolute Gasteiger partial charge is 0.468 e. The van der Waals surface area contributed by atoms with Gasteiger partial charge >= 0.3 is 5.97 Å². The van der Waals surface area contributed by atoms with Crippen LogP contribution in [0.25, 0.3) is 0 Å². The van der Waals surface area contributed by atoms with Crippen molar-refractivity contribution in [3.63, 3.8) is 0 Å². The lowest BCUT2D eigenvalue weighted by Crippen LogP contribution is -2.48. The van der Waals surface area contributed by atoms with Gasteiger partial charge in [-0.1, -0.05) is 0 Å². The average molecular weight is 244 g/mol. The first-order chi connectivity index (χ1) is 8.11. The van der Waals surface area contributed by atoms with Crippen molar-refractivity contribution < 1.29 is 13.9 Å². The van der Waals surface area contributed by atoms with E-state index in [9.17, 15) is 9.18 Å². The van der Waals surface area contributed by atoms with Crippen LogP contribution in [0.4, 0.5) is 4.39 Å². The van der Waals surface area contributed by atoms with E-state index >= 15 is 0 Å². The number of likely N-dealkylation sites (tertiary alicyclic amines) is 2. The van der Waals surface area contributed by atoms with E-state index in [-0.39, 0.29) is 12.0 Å². The van der Waals surface area contributed by atoms with Crippen molar-refractivity contribution in [2.24, 2.45) is 0 Å². The van der Waals surface area contributed by atoms with Crippen LogP contribution < -0.4 is 0 Å². The Balaban J connectivity index is 2.00. The van der Waals surface area contributed by atoms with Crippen molar-refractivity contribution in [2.45, 2.75) is 37.5 Å². The standard InChI is InChI=1S/C12H21FN2O2/c1-14-5-3-10(4-6-14)15-8-9(13)7-11(15)12(16)17-2/h9-11H,3-8H2,1-2H3. The minimum absolute atomic E-state index is 0.288. The third-order valence-corrected chi connectivity index (χ3v) is 3.92. The Bertz CT molecular complexity index is 280. The molecule has 0 aromatic carbocycles. The van der Waals surface area contributed by atoms with Crippen LogP contribution in [0.1, 0.15) is 19.3 Å². The summed E-state index contributed by atoms with van der Waals surface area (Å²) in [4.78, 5) is 15.9. The first-order valence-electron chi connectivity index (χ1n) is 6.28. The molecule has 4 nitrogen and oxygen atoms in total. The van der Waals surface area contributed by atoms with Crippen LogP contribution in [0.3, 0.4) is 0 Å². The summed E-state index contributed by atoms with van der Waals surface area (Å²) < 4.78 is 18.3. The van der Waals surface area contributed by atoms with Gasteiger partial charge in [0.2, 0.25) is 0 Å². The molecule has 17 heavy (non-hydrogen) atoms. The van der Waals surface area contributed by atoms with Crippen molar-refractivity contribution in [2.75, 3.05) is 33.8 Å². The van der Waals surface area contributed by atoms with Gasteiger partial charge in [0, 0.05) is 19.0 Å². The van der Waals surface area contributed by atoms with Crippen molar-refractivity contribution in [3.8, 4) is 0 Å². The third-order valence-electron chi connectivity index (χ3n) is 3.92. The van der Waals surface area contributed by atoms with Crippen LogP contribution in [0.15, 0.2) is 0 Å². The first kappa shape index (κ1) is 12.8. The Labute approximate surface area is 102 Å². The molecule has 2 heterocycles. The molecule has 5 heteroatoms. The van der Waals surface area contributed by atoms with Crippen molar-refractivity contribution in [1.29, 1.82) is 0 Å². The molecule has 2 aliphatic rings. The number of piperidine rings is 1. The molecule has 2 saturated heterocycles. The lowest BCUT2D eigenvalue weighted by atomic mass is 10.0. The third kappa shape index (κ3) is 2.77. The highest BCUT2D eigenvalue weighted by Crippen LogP contribution is 2.28. The van der Waals surface area contributed by atoms with Gasteiger partial charge in [0.15, 0.2) is 0 Å². The summed E-state index contributed by atoms with van der Waals surface area (Å²) in [6.07, 6.45) is 1.42. The lowest BCUT2D eigenvalue weighted by Gasteiger charge is -2.37. The summed E-state index contributed by atoms with van der Waals surface area (Å²) in [6, 6.07) is -0.0422. The minimum Gasteiger partial charge on any atom is -0.468 e. The zero-order chi connectivity index (χ0) is 12.4. The Morgan fingerprint density at radius 3 is 2.59 bits per heavy atom. The summed E-state index contributed by atoms with van der Waals surface area (Å²) in [5, 5.41) is 0. The van der Waals surface area contributed by atoms with E-state index in [0.717, 1.165) is 25.9 Å². The highest BCUT2D eigenvalue weighted by atomic mass is 19.1. The van der Waals surface area contributed by atoms with Crippen molar-refractivity contribution in [1.82, 2.24) is 9.80 Å². The number of carbonyl (C=O) groups excluding carboxylic acids is 1. The van der Waals surface area contributed by atoms with Crippen molar-refractivity contribution >= 4 is 5.97 Å². The maximum absolute atomic E-state index is 13.5. The molecule has 0 saturated carbocycles. The fourth-order valence-corrected chi connectivity index (χ4v) is 2.91. The van der Waals surface area contributed by atoms with E-state index in [4.69, 9.17) is 4.74 Å². The van der Waals surface area contributed by atoms with Crippen molar-refractivity contribution in [3.05, 3.63) is 0 Å². The highest BCUT2D eigenvalue weighted by molar-refractivity contribution is 5.76. The second kappa shape index (κ2) is 5.31. The number of halogens is 1. The fourth-order valence-electron chi connectivity index (χ4n) is 2.91. The second-order valence-corrected chi connectivity index (χ2v) is 5.10. The van der Waals surface area contributed by atoms with Gasteiger partial charge in [-0.25, -0.2) is 4.39 Å². The summed E-state index contributed by atoms with van der Waals surface area (Å²) in [6.45, 7) is 2.42. The molecular weight excluding hydrogens is 223 g/mol. The van der Waals surface area contributed by atoms with E-state index in [1.165, 1.54) is 7.11 Å². The van der Waals surface area contributed by atoms with Crippen LogP contribution in [0.2, 0.25) is 0 Å². The Morgan fingerprint density at radius 2 is 2.00 bits per heavy atom. The number of rotatable bonds is 2. The number of nitrogens with zero attached hydrogens (tertiary/aromatic N) is 2. The van der Waals surface area contributed by atoms with E-state index in [2.05, 4.69) is 11.9 Å². The van der Waals surface area contributed by atoms with Crippen LogP contribution >= 0.6 is 0 Å². The molecule has 98 valence electrons. The van der Waals surface area contributed by atoms with Gasteiger partial charge in [-0.15, -0.1) is 0 Å². The predicted octanol–water partition coefficient (Wildman–Crippen LogP) is 0.666. The molecule has 0 N–H and O–H groups in total. The molecule has 0 bridgehead atoms. The van der Waals surface area contributed by atoms with E-state index in [1.54, 1.807) is 0 Å². The number of alkyl halides is 1. The molecule has 0 spiro atoms. The molecule has 0 aromatic rings. The summed E-state index contributed by atoms with van der Waals surface area (Å²) in [5.41, 5.74) is 0. The second-order valence-electron chi connectivity index (χ2n) is 5.10. The molecule has 0 radical (unpaired) electrons. The monoisotopic (exact) mass is 244 g/mol. The van der Waals surface area contributed by atoms with Gasteiger partial charge in [0.1, 0.15) is 12.2 Å². The number of carbonyl (C=O) groups is 1. The highest BCUT2D eigenvalue weighted by Gasteiger charge is 2.41. The van der Waals surface area contributed by atoms with Gasteiger partial charge in [0.25, 0.3) is 0 Å². The minimum atomic E-state index is -0.890. The average Bonchev–Trinajstić information content (AvgIpc) is 2.71. The topological polar surface area (TPSA) is 32.8 Å². The summed E-state index contributed by atoms with van der Waals surface area (Å²) >= 11 is 0. The smallest absolute Gasteiger partial charge is 0.323 e. The van der Waals surface area contributed by atoms with Crippen LogP contribution in [0.5, 0.6) is 0 Å². The van der Waals surface area contributed by atoms with Gasteiger partial charge in [-0.3, -0.25) is 9.69 Å². The maximum Gasteiger partial charge on any atom is 0.323 e. The SMILES string of the molecule is COC(=O)C1CC(F)CN1C1CCN(C)CC1. The molecule has 0 amide bonds. The molecule has 2 aliphatic heterocycles. The number of ether oxygens (including phenoxy) is 1.